The highest BCUT2D eigenvalue weighted by Gasteiger charge is 2.13. The van der Waals surface area contributed by atoms with Crippen LogP contribution in [0, 0.1) is 6.92 Å². The lowest BCUT2D eigenvalue weighted by Gasteiger charge is -2.13. The minimum absolute atomic E-state index is 0.0468. The molecule has 0 saturated heterocycles. The van der Waals surface area contributed by atoms with Gasteiger partial charge in [0.1, 0.15) is 11.6 Å². The lowest BCUT2D eigenvalue weighted by molar-refractivity contribution is 0.833. The molecule has 0 amide bonds. The second-order valence-electron chi connectivity index (χ2n) is 6.72. The van der Waals surface area contributed by atoms with Crippen LogP contribution in [0.25, 0.3) is 28.7 Å². The fraction of sp³-hybridized carbons (Fsp3) is 0.174. The van der Waals surface area contributed by atoms with Crippen molar-refractivity contribution in [1.82, 2.24) is 19.1 Å². The number of imidazole rings is 1. The average Bonchev–Trinajstić information content (AvgIpc) is 3.04. The summed E-state index contributed by atoms with van der Waals surface area (Å²) in [4.78, 5) is 22.6. The summed E-state index contributed by atoms with van der Waals surface area (Å²) in [5, 5.41) is 0.624. The highest BCUT2D eigenvalue weighted by Crippen LogP contribution is 2.19. The second kappa shape index (κ2) is 7.27. The van der Waals surface area contributed by atoms with Crippen molar-refractivity contribution in [2.45, 2.75) is 20.3 Å². The molecule has 140 valence electrons. The van der Waals surface area contributed by atoms with E-state index in [0.717, 1.165) is 34.1 Å². The van der Waals surface area contributed by atoms with Crippen LogP contribution in [-0.2, 0) is 13.5 Å². The molecule has 4 aromatic rings. The number of fused-ring (bicyclic) bond motifs is 1. The standard InChI is InChI=1S/C23H22N4O/c1-4-21-25-20-12-8-9-17(13-14-19-15-24-16(2)26(19)3)22(20)23(28)27(21)18-10-6-5-7-11-18/h5-15H,4H2,1-3H3/b14-13+. The SMILES string of the molecule is CCc1nc2cccc(/C=C/c3cnc(C)n3C)c2c(=O)n1-c1ccccc1. The maximum Gasteiger partial charge on any atom is 0.266 e. The van der Waals surface area contributed by atoms with E-state index < -0.39 is 0 Å². The molecule has 0 atom stereocenters. The van der Waals surface area contributed by atoms with Crippen LogP contribution in [0.4, 0.5) is 0 Å². The smallest absolute Gasteiger partial charge is 0.266 e. The Bertz CT molecular complexity index is 1230. The van der Waals surface area contributed by atoms with Gasteiger partial charge in [-0.05, 0) is 36.8 Å². The van der Waals surface area contributed by atoms with Crippen LogP contribution in [0.2, 0.25) is 0 Å². The summed E-state index contributed by atoms with van der Waals surface area (Å²) in [7, 11) is 1.97. The van der Waals surface area contributed by atoms with Gasteiger partial charge in [-0.15, -0.1) is 0 Å². The summed E-state index contributed by atoms with van der Waals surface area (Å²) in [5.74, 6) is 1.70. The Morgan fingerprint density at radius 1 is 1.04 bits per heavy atom. The molecule has 5 heteroatoms. The molecule has 0 spiro atoms. The molecule has 0 aliphatic heterocycles. The normalized spacial score (nSPS) is 11.5. The van der Waals surface area contributed by atoms with Crippen molar-refractivity contribution in [3.8, 4) is 5.69 Å². The van der Waals surface area contributed by atoms with E-state index in [1.165, 1.54) is 0 Å². The lowest BCUT2D eigenvalue weighted by Crippen LogP contribution is -2.24. The molecule has 0 aliphatic carbocycles. The maximum absolute atomic E-state index is 13.5. The number of rotatable bonds is 4. The molecule has 0 bridgehead atoms. The number of benzene rings is 2. The van der Waals surface area contributed by atoms with E-state index in [2.05, 4.69) is 4.98 Å². The zero-order valence-electron chi connectivity index (χ0n) is 16.3. The van der Waals surface area contributed by atoms with E-state index in [1.807, 2.05) is 92.3 Å². The predicted molar refractivity (Wildman–Crippen MR) is 114 cm³/mol. The van der Waals surface area contributed by atoms with E-state index in [1.54, 1.807) is 4.57 Å². The summed E-state index contributed by atoms with van der Waals surface area (Å²) in [6.45, 7) is 3.98. The summed E-state index contributed by atoms with van der Waals surface area (Å²) >= 11 is 0. The molecule has 2 aromatic carbocycles. The molecule has 0 unspecified atom stereocenters. The summed E-state index contributed by atoms with van der Waals surface area (Å²) in [6.07, 6.45) is 6.44. The van der Waals surface area contributed by atoms with Crippen molar-refractivity contribution >= 4 is 23.1 Å². The zero-order valence-corrected chi connectivity index (χ0v) is 16.3. The van der Waals surface area contributed by atoms with Crippen LogP contribution in [0.3, 0.4) is 0 Å². The second-order valence-corrected chi connectivity index (χ2v) is 6.72. The Morgan fingerprint density at radius 3 is 2.50 bits per heavy atom. The first-order valence-electron chi connectivity index (χ1n) is 9.36. The molecule has 5 nitrogen and oxygen atoms in total. The van der Waals surface area contributed by atoms with E-state index in [-0.39, 0.29) is 5.56 Å². The van der Waals surface area contributed by atoms with Gasteiger partial charge in [-0.2, -0.15) is 0 Å². The molecule has 2 heterocycles. The van der Waals surface area contributed by atoms with Crippen molar-refractivity contribution in [3.63, 3.8) is 0 Å². The summed E-state index contributed by atoms with van der Waals surface area (Å²) in [5.41, 5.74) is 3.34. The molecular weight excluding hydrogens is 348 g/mol. The first kappa shape index (κ1) is 17.9. The molecular formula is C23H22N4O. The number of nitrogens with zero attached hydrogens (tertiary/aromatic N) is 4. The Kier molecular flexibility index (Phi) is 4.65. The number of aromatic nitrogens is 4. The third-order valence-electron chi connectivity index (χ3n) is 5.02. The molecule has 28 heavy (non-hydrogen) atoms. The largest absolute Gasteiger partial charge is 0.332 e. The Balaban J connectivity index is 1.94. The van der Waals surface area contributed by atoms with E-state index in [4.69, 9.17) is 4.98 Å². The van der Waals surface area contributed by atoms with Crippen LogP contribution in [0.5, 0.6) is 0 Å². The van der Waals surface area contributed by atoms with Crippen molar-refractivity contribution in [2.24, 2.45) is 7.05 Å². The van der Waals surface area contributed by atoms with Gasteiger partial charge in [0.2, 0.25) is 0 Å². The van der Waals surface area contributed by atoms with Crippen LogP contribution in [0.1, 0.15) is 29.8 Å². The zero-order chi connectivity index (χ0) is 19.7. The minimum Gasteiger partial charge on any atom is -0.332 e. The van der Waals surface area contributed by atoms with E-state index >= 15 is 0 Å². The highest BCUT2D eigenvalue weighted by atomic mass is 16.1. The molecule has 2 aromatic heterocycles. The van der Waals surface area contributed by atoms with Gasteiger partial charge in [0.05, 0.1) is 28.5 Å². The first-order chi connectivity index (χ1) is 13.6. The van der Waals surface area contributed by atoms with Crippen LogP contribution >= 0.6 is 0 Å². The first-order valence-corrected chi connectivity index (χ1v) is 9.36. The van der Waals surface area contributed by atoms with E-state index in [0.29, 0.717) is 11.8 Å². The molecule has 0 radical (unpaired) electrons. The summed E-state index contributed by atoms with van der Waals surface area (Å²) in [6, 6.07) is 15.5. The number of hydrogen-bond donors (Lipinski definition) is 0. The van der Waals surface area contributed by atoms with Crippen molar-refractivity contribution in [1.29, 1.82) is 0 Å². The van der Waals surface area contributed by atoms with Crippen molar-refractivity contribution < 1.29 is 0 Å². The molecule has 0 N–H and O–H groups in total. The third kappa shape index (κ3) is 3.05. The topological polar surface area (TPSA) is 52.7 Å². The molecule has 0 aliphatic rings. The Morgan fingerprint density at radius 2 is 1.82 bits per heavy atom. The third-order valence-corrected chi connectivity index (χ3v) is 5.02. The van der Waals surface area contributed by atoms with Gasteiger partial charge >= 0.3 is 0 Å². The van der Waals surface area contributed by atoms with Gasteiger partial charge in [0.25, 0.3) is 5.56 Å². The number of aryl methyl sites for hydroxylation is 2. The Hall–Kier alpha value is -3.47. The van der Waals surface area contributed by atoms with Crippen LogP contribution in [0.15, 0.2) is 59.5 Å². The Labute approximate surface area is 163 Å². The molecule has 4 rings (SSSR count). The highest BCUT2D eigenvalue weighted by molar-refractivity contribution is 5.90. The average molecular weight is 370 g/mol. The fourth-order valence-electron chi connectivity index (χ4n) is 3.37. The number of para-hydroxylation sites is 1. The van der Waals surface area contributed by atoms with Gasteiger partial charge in [-0.1, -0.05) is 43.3 Å². The lowest BCUT2D eigenvalue weighted by atomic mass is 10.1. The quantitative estimate of drug-likeness (QED) is 0.542. The van der Waals surface area contributed by atoms with Gasteiger partial charge in [0, 0.05) is 13.5 Å². The molecule has 0 fully saturated rings. The fourth-order valence-corrected chi connectivity index (χ4v) is 3.37. The maximum atomic E-state index is 13.5. The molecule has 0 saturated carbocycles. The van der Waals surface area contributed by atoms with Crippen molar-refractivity contribution in [3.05, 3.63) is 88.0 Å². The monoisotopic (exact) mass is 370 g/mol. The van der Waals surface area contributed by atoms with Crippen LogP contribution < -0.4 is 5.56 Å². The van der Waals surface area contributed by atoms with Crippen LogP contribution in [-0.4, -0.2) is 19.1 Å². The number of hydrogen-bond acceptors (Lipinski definition) is 3. The van der Waals surface area contributed by atoms with Crippen molar-refractivity contribution in [2.75, 3.05) is 0 Å². The van der Waals surface area contributed by atoms with Gasteiger partial charge in [-0.3, -0.25) is 9.36 Å². The minimum atomic E-state index is -0.0468. The van der Waals surface area contributed by atoms with Gasteiger partial charge in [0.15, 0.2) is 0 Å². The van der Waals surface area contributed by atoms with E-state index in [9.17, 15) is 4.79 Å². The van der Waals surface area contributed by atoms with Gasteiger partial charge < -0.3 is 4.57 Å². The predicted octanol–water partition coefficient (Wildman–Crippen LogP) is 4.16. The van der Waals surface area contributed by atoms with Gasteiger partial charge in [-0.25, -0.2) is 9.97 Å². The summed E-state index contributed by atoms with van der Waals surface area (Å²) < 4.78 is 3.73.